The first-order valence-electron chi connectivity index (χ1n) is 8.35. The van der Waals surface area contributed by atoms with Crippen LogP contribution in [0.2, 0.25) is 0 Å². The molecule has 11 heteroatoms. The third-order valence-electron chi connectivity index (χ3n) is 4.37. The monoisotopic (exact) mass is 497 g/mol. The van der Waals surface area contributed by atoms with E-state index in [9.17, 15) is 19.8 Å². The zero-order valence-electron chi connectivity index (χ0n) is 15.5. The van der Waals surface area contributed by atoms with E-state index >= 15 is 0 Å². The standard InChI is InChI=1S/C16H24IN3O7/c1-8-10(21)11(22)13(27-8)20-7-9(17)12(18-14(20)23)19-15(24)26-6-5-16(2,3)25-4/h7-8,10-11,13,21-22H,5-6H2,1-4H3,(H,18,19,23,24)/t8-,10?,11?,13-/m1/s1. The molecule has 2 rings (SSSR count). The Morgan fingerprint density at radius 1 is 1.44 bits per heavy atom. The van der Waals surface area contributed by atoms with E-state index in [0.29, 0.717) is 9.99 Å². The van der Waals surface area contributed by atoms with E-state index in [4.69, 9.17) is 14.2 Å². The summed E-state index contributed by atoms with van der Waals surface area (Å²) in [5, 5.41) is 22.2. The molecule has 1 aliphatic rings. The Kier molecular flexibility index (Phi) is 7.19. The van der Waals surface area contributed by atoms with Crippen LogP contribution in [0.25, 0.3) is 0 Å². The molecule has 2 heterocycles. The van der Waals surface area contributed by atoms with Gasteiger partial charge < -0.3 is 24.4 Å². The maximum absolute atomic E-state index is 12.3. The van der Waals surface area contributed by atoms with Crippen LogP contribution in [0.15, 0.2) is 11.0 Å². The van der Waals surface area contributed by atoms with Crippen LogP contribution in [0.3, 0.4) is 0 Å². The van der Waals surface area contributed by atoms with Crippen molar-refractivity contribution >= 4 is 34.5 Å². The Hall–Kier alpha value is -1.28. The topological polar surface area (TPSA) is 132 Å². The molecule has 27 heavy (non-hydrogen) atoms. The van der Waals surface area contributed by atoms with Crippen molar-refractivity contribution in [2.45, 2.75) is 57.3 Å². The summed E-state index contributed by atoms with van der Waals surface area (Å²) in [6, 6.07) is 0. The predicted molar refractivity (Wildman–Crippen MR) is 103 cm³/mol. The number of ether oxygens (including phenoxy) is 3. The molecule has 1 aromatic rings. The summed E-state index contributed by atoms with van der Waals surface area (Å²) < 4.78 is 17.2. The molecule has 2 unspecified atom stereocenters. The zero-order valence-corrected chi connectivity index (χ0v) is 17.7. The van der Waals surface area contributed by atoms with Crippen LogP contribution in [0.4, 0.5) is 10.6 Å². The van der Waals surface area contributed by atoms with Gasteiger partial charge in [0.25, 0.3) is 0 Å². The minimum Gasteiger partial charge on any atom is -0.449 e. The van der Waals surface area contributed by atoms with Crippen LogP contribution in [0, 0.1) is 3.57 Å². The number of amides is 1. The van der Waals surface area contributed by atoms with Crippen LogP contribution in [-0.4, -0.2) is 63.5 Å². The first-order chi connectivity index (χ1) is 12.6. The van der Waals surface area contributed by atoms with Crippen molar-refractivity contribution in [2.75, 3.05) is 19.0 Å². The Bertz CT molecular complexity index is 739. The first kappa shape index (κ1) is 22.0. The Morgan fingerprint density at radius 2 is 2.11 bits per heavy atom. The molecule has 1 saturated heterocycles. The third-order valence-corrected chi connectivity index (χ3v) is 5.16. The summed E-state index contributed by atoms with van der Waals surface area (Å²) in [5.74, 6) is 0.0361. The number of halogens is 1. The summed E-state index contributed by atoms with van der Waals surface area (Å²) in [7, 11) is 1.58. The lowest BCUT2D eigenvalue weighted by Crippen LogP contribution is -2.36. The van der Waals surface area contributed by atoms with Crippen LogP contribution in [0.1, 0.15) is 33.4 Å². The second kappa shape index (κ2) is 8.82. The first-order valence-corrected chi connectivity index (χ1v) is 9.43. The molecule has 0 saturated carbocycles. The molecular formula is C16H24IN3O7. The van der Waals surface area contributed by atoms with E-state index in [0.717, 1.165) is 4.57 Å². The normalized spacial score (nSPS) is 25.4. The highest BCUT2D eigenvalue weighted by molar-refractivity contribution is 14.1. The number of aliphatic hydroxyl groups is 2. The number of aromatic nitrogens is 2. The van der Waals surface area contributed by atoms with Crippen LogP contribution >= 0.6 is 22.6 Å². The molecule has 4 atom stereocenters. The molecule has 1 aromatic heterocycles. The van der Waals surface area contributed by atoms with Crippen molar-refractivity contribution in [3.8, 4) is 0 Å². The number of hydrogen-bond acceptors (Lipinski definition) is 8. The van der Waals surface area contributed by atoms with Crippen LogP contribution < -0.4 is 11.0 Å². The number of anilines is 1. The summed E-state index contributed by atoms with van der Waals surface area (Å²) >= 11 is 1.88. The smallest absolute Gasteiger partial charge is 0.412 e. The lowest BCUT2D eigenvalue weighted by Gasteiger charge is -2.22. The Balaban J connectivity index is 2.05. The van der Waals surface area contributed by atoms with Gasteiger partial charge in [0.15, 0.2) is 12.0 Å². The number of nitrogens with one attached hydrogen (secondary N) is 1. The largest absolute Gasteiger partial charge is 0.449 e. The van der Waals surface area contributed by atoms with Crippen molar-refractivity contribution in [1.82, 2.24) is 9.55 Å². The highest BCUT2D eigenvalue weighted by Gasteiger charge is 2.42. The maximum Gasteiger partial charge on any atom is 0.412 e. The van der Waals surface area contributed by atoms with Crippen LogP contribution in [0.5, 0.6) is 0 Å². The highest BCUT2D eigenvalue weighted by atomic mass is 127. The average molecular weight is 497 g/mol. The molecule has 0 radical (unpaired) electrons. The quantitative estimate of drug-likeness (QED) is 0.493. The van der Waals surface area contributed by atoms with Gasteiger partial charge in [0.2, 0.25) is 0 Å². The van der Waals surface area contributed by atoms with E-state index in [2.05, 4.69) is 10.3 Å². The SMILES string of the molecule is COC(C)(C)CCOC(=O)Nc1nc(=O)n([C@@H]2O[C@H](C)C(O)C2O)cc1I. The molecule has 0 aromatic carbocycles. The molecule has 0 spiro atoms. The van der Waals surface area contributed by atoms with Gasteiger partial charge in [-0.15, -0.1) is 0 Å². The number of hydrogen-bond donors (Lipinski definition) is 3. The van der Waals surface area contributed by atoms with Gasteiger partial charge in [-0.25, -0.2) is 9.59 Å². The van der Waals surface area contributed by atoms with Gasteiger partial charge in [0.05, 0.1) is 21.9 Å². The number of carbonyl (C=O) groups excluding carboxylic acids is 1. The molecule has 10 nitrogen and oxygen atoms in total. The van der Waals surface area contributed by atoms with Crippen molar-refractivity contribution in [3.63, 3.8) is 0 Å². The molecule has 0 bridgehead atoms. The van der Waals surface area contributed by atoms with Crippen molar-refractivity contribution in [2.24, 2.45) is 0 Å². The third kappa shape index (κ3) is 5.38. The molecule has 0 aliphatic carbocycles. The van der Waals surface area contributed by atoms with E-state index in [1.54, 1.807) is 14.0 Å². The second-order valence-electron chi connectivity index (χ2n) is 6.81. The molecule has 152 valence electrons. The summed E-state index contributed by atoms with van der Waals surface area (Å²) in [4.78, 5) is 28.0. The second-order valence-corrected chi connectivity index (χ2v) is 7.98. The van der Waals surface area contributed by atoms with E-state index in [1.165, 1.54) is 6.20 Å². The van der Waals surface area contributed by atoms with E-state index in [1.807, 2.05) is 36.4 Å². The molecule has 1 aliphatic heterocycles. The van der Waals surface area contributed by atoms with Gasteiger partial charge >= 0.3 is 11.8 Å². The Labute approximate surface area is 170 Å². The number of methoxy groups -OCH3 is 1. The number of carbonyl (C=O) groups is 1. The number of aliphatic hydroxyl groups excluding tert-OH is 2. The van der Waals surface area contributed by atoms with E-state index < -0.39 is 41.9 Å². The zero-order chi connectivity index (χ0) is 20.4. The van der Waals surface area contributed by atoms with Gasteiger partial charge in [-0.1, -0.05) is 0 Å². The highest BCUT2D eigenvalue weighted by Crippen LogP contribution is 2.28. The van der Waals surface area contributed by atoms with Crippen molar-refractivity contribution in [1.29, 1.82) is 0 Å². The van der Waals surface area contributed by atoms with Gasteiger partial charge in [-0.3, -0.25) is 9.88 Å². The van der Waals surface area contributed by atoms with Gasteiger partial charge in [-0.2, -0.15) is 4.98 Å². The number of nitrogens with zero attached hydrogens (tertiary/aromatic N) is 2. The fourth-order valence-electron chi connectivity index (χ4n) is 2.40. The van der Waals surface area contributed by atoms with Gasteiger partial charge in [0, 0.05) is 19.7 Å². The molecule has 1 fully saturated rings. The molecule has 1 amide bonds. The summed E-state index contributed by atoms with van der Waals surface area (Å²) in [6.07, 6.45) is -2.91. The lowest BCUT2D eigenvalue weighted by molar-refractivity contribution is -0.0351. The van der Waals surface area contributed by atoms with Crippen LogP contribution in [-0.2, 0) is 14.2 Å². The lowest BCUT2D eigenvalue weighted by atomic mass is 10.1. The summed E-state index contributed by atoms with van der Waals surface area (Å²) in [5.41, 5.74) is -1.16. The summed E-state index contributed by atoms with van der Waals surface area (Å²) in [6.45, 7) is 5.47. The van der Waals surface area contributed by atoms with Gasteiger partial charge in [-0.05, 0) is 43.4 Å². The maximum atomic E-state index is 12.3. The van der Waals surface area contributed by atoms with Crippen molar-refractivity contribution in [3.05, 3.63) is 20.3 Å². The predicted octanol–water partition coefficient (Wildman–Crippen LogP) is 0.851. The minimum atomic E-state index is -1.26. The van der Waals surface area contributed by atoms with Crippen molar-refractivity contribution < 1.29 is 29.2 Å². The average Bonchev–Trinajstić information content (AvgIpc) is 2.85. The molecular weight excluding hydrogens is 473 g/mol. The Morgan fingerprint density at radius 3 is 2.67 bits per heavy atom. The fraction of sp³-hybridized carbons (Fsp3) is 0.688. The molecule has 3 N–H and O–H groups in total. The number of rotatable bonds is 6. The fourth-order valence-corrected chi connectivity index (χ4v) is 2.95. The van der Waals surface area contributed by atoms with E-state index in [-0.39, 0.29) is 12.4 Å². The minimum absolute atomic E-state index is 0.0361. The van der Waals surface area contributed by atoms with Gasteiger partial charge in [0.1, 0.15) is 12.2 Å².